The first kappa shape index (κ1) is 17.9. The van der Waals surface area contributed by atoms with Crippen LogP contribution >= 0.6 is 23.1 Å². The van der Waals surface area contributed by atoms with Crippen LogP contribution in [0.3, 0.4) is 0 Å². The van der Waals surface area contributed by atoms with Crippen molar-refractivity contribution < 1.29 is 9.72 Å². The average Bonchev–Trinajstić information content (AvgIpc) is 3.24. The molecule has 0 aliphatic carbocycles. The Bertz CT molecular complexity index is 955. The fourth-order valence-electron chi connectivity index (χ4n) is 1.94. The van der Waals surface area contributed by atoms with Crippen LogP contribution in [0.25, 0.3) is 10.6 Å². The highest BCUT2D eigenvalue weighted by molar-refractivity contribution is 8.00. The fraction of sp³-hybridized carbons (Fsp3) is 0.214. The molecule has 0 aliphatic heterocycles. The summed E-state index contributed by atoms with van der Waals surface area (Å²) in [6, 6.07) is 6.09. The number of hydrogen-bond acceptors (Lipinski definition) is 9. The van der Waals surface area contributed by atoms with Gasteiger partial charge in [0.1, 0.15) is 11.3 Å². The third-order valence-electron chi connectivity index (χ3n) is 3.28. The lowest BCUT2D eigenvalue weighted by Crippen LogP contribution is -2.22. The molecular formula is C14H13N7O3S2. The number of rotatable bonds is 6. The maximum atomic E-state index is 12.3. The smallest absolute Gasteiger partial charge is 0.270 e. The number of nitrogens with zero attached hydrogens (tertiary/aromatic N) is 6. The van der Waals surface area contributed by atoms with Crippen molar-refractivity contribution in [3.8, 4) is 10.6 Å². The van der Waals surface area contributed by atoms with Crippen molar-refractivity contribution in [2.45, 2.75) is 17.3 Å². The summed E-state index contributed by atoms with van der Waals surface area (Å²) in [5, 5.41) is 30.2. The lowest BCUT2D eigenvalue weighted by molar-refractivity contribution is -0.384. The van der Waals surface area contributed by atoms with Gasteiger partial charge in [0, 0.05) is 24.7 Å². The zero-order valence-corrected chi connectivity index (χ0v) is 15.3. The normalized spacial score (nSPS) is 11.9. The van der Waals surface area contributed by atoms with Gasteiger partial charge in [0.05, 0.1) is 10.2 Å². The summed E-state index contributed by atoms with van der Waals surface area (Å²) >= 11 is 2.42. The predicted octanol–water partition coefficient (Wildman–Crippen LogP) is 2.36. The number of carbonyl (C=O) groups excluding carboxylic acids is 1. The van der Waals surface area contributed by atoms with E-state index >= 15 is 0 Å². The number of hydrogen-bond donors (Lipinski definition) is 1. The second-order valence-corrected chi connectivity index (χ2v) is 7.48. The summed E-state index contributed by atoms with van der Waals surface area (Å²) in [6.07, 6.45) is 1.56. The molecule has 0 spiro atoms. The fourth-order valence-corrected chi connectivity index (χ4v) is 3.47. The number of anilines is 1. The Hall–Kier alpha value is -2.86. The molecule has 0 saturated carbocycles. The Balaban J connectivity index is 1.68. The van der Waals surface area contributed by atoms with E-state index in [9.17, 15) is 14.9 Å². The van der Waals surface area contributed by atoms with E-state index in [1.165, 1.54) is 23.9 Å². The molecule has 10 nitrogen and oxygen atoms in total. The van der Waals surface area contributed by atoms with E-state index in [4.69, 9.17) is 0 Å². The number of nitro groups is 1. The molecule has 26 heavy (non-hydrogen) atoms. The van der Waals surface area contributed by atoms with Gasteiger partial charge in [-0.25, -0.2) is 0 Å². The van der Waals surface area contributed by atoms with E-state index in [0.29, 0.717) is 20.9 Å². The zero-order valence-electron chi connectivity index (χ0n) is 13.7. The minimum atomic E-state index is -0.474. The number of nitrogens with one attached hydrogen (secondary N) is 1. The standard InChI is InChI=1S/C14H13N7O3S2/c1-8(25-14-19-15-7-20(14)2)11(22)16-13-18-17-12(26-13)9-4-3-5-10(6-9)21(23)24/h3-8H,1-2H3,(H,16,18,22). The molecule has 1 atom stereocenters. The van der Waals surface area contributed by atoms with E-state index in [2.05, 4.69) is 25.7 Å². The molecule has 2 aromatic heterocycles. The summed E-state index contributed by atoms with van der Waals surface area (Å²) in [5.74, 6) is -0.250. The Morgan fingerprint density at radius 3 is 2.88 bits per heavy atom. The van der Waals surface area contributed by atoms with E-state index < -0.39 is 10.2 Å². The first-order chi connectivity index (χ1) is 12.4. The second-order valence-electron chi connectivity index (χ2n) is 5.19. The quantitative estimate of drug-likeness (QED) is 0.385. The number of carbonyl (C=O) groups is 1. The Morgan fingerprint density at radius 2 is 2.19 bits per heavy atom. The highest BCUT2D eigenvalue weighted by Crippen LogP contribution is 2.29. The molecule has 2 heterocycles. The summed E-state index contributed by atoms with van der Waals surface area (Å²) in [4.78, 5) is 22.7. The van der Waals surface area contributed by atoms with Crippen LogP contribution in [-0.4, -0.2) is 41.0 Å². The molecule has 1 unspecified atom stereocenters. The number of amides is 1. The van der Waals surface area contributed by atoms with Gasteiger partial charge in [-0.2, -0.15) is 0 Å². The monoisotopic (exact) mass is 391 g/mol. The maximum absolute atomic E-state index is 12.3. The van der Waals surface area contributed by atoms with Crippen LogP contribution in [0, 0.1) is 10.1 Å². The van der Waals surface area contributed by atoms with Gasteiger partial charge in [0.25, 0.3) is 5.69 Å². The number of aryl methyl sites for hydroxylation is 1. The maximum Gasteiger partial charge on any atom is 0.270 e. The van der Waals surface area contributed by atoms with Crippen LogP contribution in [0.2, 0.25) is 0 Å². The molecule has 0 bridgehead atoms. The summed E-state index contributed by atoms with van der Waals surface area (Å²) < 4.78 is 1.72. The molecule has 1 amide bonds. The summed E-state index contributed by atoms with van der Waals surface area (Å²) in [6.45, 7) is 1.75. The van der Waals surface area contributed by atoms with Crippen LogP contribution in [0.15, 0.2) is 35.7 Å². The molecule has 0 saturated heterocycles. The van der Waals surface area contributed by atoms with Crippen LogP contribution in [0.4, 0.5) is 10.8 Å². The molecular weight excluding hydrogens is 378 g/mol. The minimum Gasteiger partial charge on any atom is -0.312 e. The van der Waals surface area contributed by atoms with Crippen molar-refractivity contribution in [1.82, 2.24) is 25.0 Å². The molecule has 0 radical (unpaired) electrons. The topological polar surface area (TPSA) is 129 Å². The number of benzene rings is 1. The largest absolute Gasteiger partial charge is 0.312 e. The third kappa shape index (κ3) is 4.03. The van der Waals surface area contributed by atoms with Crippen molar-refractivity contribution >= 4 is 39.8 Å². The van der Waals surface area contributed by atoms with Gasteiger partial charge in [0.2, 0.25) is 11.0 Å². The Kier molecular flexibility index (Phi) is 5.23. The van der Waals surface area contributed by atoms with Gasteiger partial charge < -0.3 is 4.57 Å². The summed E-state index contributed by atoms with van der Waals surface area (Å²) in [5.41, 5.74) is 0.538. The minimum absolute atomic E-state index is 0.0306. The lowest BCUT2D eigenvalue weighted by atomic mass is 10.2. The number of aromatic nitrogens is 5. The van der Waals surface area contributed by atoms with Gasteiger partial charge in [-0.05, 0) is 6.92 Å². The third-order valence-corrected chi connectivity index (χ3v) is 5.32. The zero-order chi connectivity index (χ0) is 18.7. The molecule has 134 valence electrons. The van der Waals surface area contributed by atoms with Crippen molar-refractivity contribution in [3.05, 3.63) is 40.7 Å². The molecule has 12 heteroatoms. The average molecular weight is 391 g/mol. The van der Waals surface area contributed by atoms with Crippen molar-refractivity contribution in [2.75, 3.05) is 5.32 Å². The van der Waals surface area contributed by atoms with Crippen LogP contribution in [0.5, 0.6) is 0 Å². The second kappa shape index (κ2) is 7.58. The number of thioether (sulfide) groups is 1. The van der Waals surface area contributed by atoms with Gasteiger partial charge in [-0.15, -0.1) is 20.4 Å². The predicted molar refractivity (Wildman–Crippen MR) is 97.0 cm³/mol. The van der Waals surface area contributed by atoms with Gasteiger partial charge >= 0.3 is 0 Å². The summed E-state index contributed by atoms with van der Waals surface area (Å²) in [7, 11) is 1.79. The van der Waals surface area contributed by atoms with E-state index in [-0.39, 0.29) is 11.6 Å². The molecule has 1 aromatic carbocycles. The molecule has 3 aromatic rings. The Labute approximate surface area is 155 Å². The lowest BCUT2D eigenvalue weighted by Gasteiger charge is -2.08. The molecule has 1 N–H and O–H groups in total. The van der Waals surface area contributed by atoms with Crippen LogP contribution < -0.4 is 5.32 Å². The molecule has 3 rings (SSSR count). The molecule has 0 fully saturated rings. The van der Waals surface area contributed by atoms with Gasteiger partial charge in [0.15, 0.2) is 5.16 Å². The SMILES string of the molecule is CC(Sc1nncn1C)C(=O)Nc1nnc(-c2cccc([N+](=O)[O-])c2)s1. The van der Waals surface area contributed by atoms with E-state index in [1.807, 2.05) is 0 Å². The highest BCUT2D eigenvalue weighted by atomic mass is 32.2. The van der Waals surface area contributed by atoms with Crippen molar-refractivity contribution in [1.29, 1.82) is 0 Å². The first-order valence-corrected chi connectivity index (χ1v) is 9.03. The number of nitro benzene ring substituents is 1. The van der Waals surface area contributed by atoms with Crippen LogP contribution in [0.1, 0.15) is 6.92 Å². The van der Waals surface area contributed by atoms with E-state index in [0.717, 1.165) is 11.3 Å². The van der Waals surface area contributed by atoms with Gasteiger partial charge in [-0.3, -0.25) is 20.2 Å². The van der Waals surface area contributed by atoms with Crippen molar-refractivity contribution in [2.24, 2.45) is 7.05 Å². The molecule has 0 aliphatic rings. The highest BCUT2D eigenvalue weighted by Gasteiger charge is 2.19. The first-order valence-electron chi connectivity index (χ1n) is 7.34. The Morgan fingerprint density at radius 1 is 1.38 bits per heavy atom. The van der Waals surface area contributed by atoms with Gasteiger partial charge in [-0.1, -0.05) is 35.2 Å². The number of non-ortho nitro benzene ring substituents is 1. The van der Waals surface area contributed by atoms with E-state index in [1.54, 1.807) is 37.0 Å². The van der Waals surface area contributed by atoms with Crippen molar-refractivity contribution in [3.63, 3.8) is 0 Å². The van der Waals surface area contributed by atoms with Crippen LogP contribution in [-0.2, 0) is 11.8 Å².